The van der Waals surface area contributed by atoms with Crippen LogP contribution < -0.4 is 0 Å². The molecular formula is C9H16O2. The fraction of sp³-hybridized carbons (Fsp3) is 0.778. The smallest absolute Gasteiger partial charge is 0.0907 e. The van der Waals surface area contributed by atoms with E-state index in [-0.39, 0.29) is 6.10 Å². The Morgan fingerprint density at radius 2 is 2.18 bits per heavy atom. The molecule has 0 aliphatic heterocycles. The van der Waals surface area contributed by atoms with Crippen molar-refractivity contribution in [3.05, 3.63) is 0 Å². The molecule has 2 heteroatoms. The Morgan fingerprint density at radius 3 is 2.64 bits per heavy atom. The van der Waals surface area contributed by atoms with Crippen LogP contribution in [0.3, 0.4) is 0 Å². The molecule has 0 saturated carbocycles. The Balaban J connectivity index is 3.59. The van der Waals surface area contributed by atoms with Gasteiger partial charge in [0.15, 0.2) is 0 Å². The quantitative estimate of drug-likeness (QED) is 0.619. The minimum absolute atomic E-state index is 0.110. The monoisotopic (exact) mass is 156 g/mol. The Hall–Kier alpha value is -0.520. The van der Waals surface area contributed by atoms with E-state index in [4.69, 9.17) is 4.74 Å². The Labute approximate surface area is 68.6 Å². The van der Waals surface area contributed by atoms with Gasteiger partial charge in [0.05, 0.1) is 12.2 Å². The molecule has 2 unspecified atom stereocenters. The standard InChI is InChI=1S/C9H16O2/c1-4-6-7-9(10)8(3)11-5-2/h8-10H,5,7H2,1-3H3. The Kier molecular flexibility index (Phi) is 5.91. The third-order valence-electron chi connectivity index (χ3n) is 1.46. The molecular weight excluding hydrogens is 140 g/mol. The van der Waals surface area contributed by atoms with E-state index in [9.17, 15) is 5.11 Å². The van der Waals surface area contributed by atoms with Crippen LogP contribution >= 0.6 is 0 Å². The molecule has 11 heavy (non-hydrogen) atoms. The van der Waals surface area contributed by atoms with Crippen LogP contribution in [0.4, 0.5) is 0 Å². The average molecular weight is 156 g/mol. The molecule has 2 atom stereocenters. The molecule has 0 bridgehead atoms. The molecule has 0 radical (unpaired) electrons. The second-order valence-corrected chi connectivity index (χ2v) is 2.36. The summed E-state index contributed by atoms with van der Waals surface area (Å²) in [5.74, 6) is 5.54. The zero-order valence-corrected chi connectivity index (χ0v) is 7.42. The Morgan fingerprint density at radius 1 is 1.55 bits per heavy atom. The SMILES string of the molecule is CC#CCC(O)C(C)OCC. The van der Waals surface area contributed by atoms with Crippen LogP contribution in [0, 0.1) is 11.8 Å². The highest BCUT2D eigenvalue weighted by molar-refractivity contribution is 4.97. The summed E-state index contributed by atoms with van der Waals surface area (Å²) in [6.07, 6.45) is -0.0688. The highest BCUT2D eigenvalue weighted by atomic mass is 16.5. The molecule has 0 rings (SSSR count). The largest absolute Gasteiger partial charge is 0.389 e. The van der Waals surface area contributed by atoms with Crippen LogP contribution in [-0.4, -0.2) is 23.9 Å². The molecule has 0 aliphatic carbocycles. The first-order chi connectivity index (χ1) is 5.22. The fourth-order valence-corrected chi connectivity index (χ4v) is 0.747. The van der Waals surface area contributed by atoms with Gasteiger partial charge in [-0.2, -0.15) is 0 Å². The van der Waals surface area contributed by atoms with E-state index >= 15 is 0 Å². The van der Waals surface area contributed by atoms with Crippen molar-refractivity contribution in [1.29, 1.82) is 0 Å². The minimum atomic E-state index is -0.456. The molecule has 64 valence electrons. The third-order valence-corrected chi connectivity index (χ3v) is 1.46. The topological polar surface area (TPSA) is 29.5 Å². The van der Waals surface area contributed by atoms with Crippen molar-refractivity contribution in [2.24, 2.45) is 0 Å². The average Bonchev–Trinajstić information content (AvgIpc) is 2.00. The summed E-state index contributed by atoms with van der Waals surface area (Å²) in [6, 6.07) is 0. The summed E-state index contributed by atoms with van der Waals surface area (Å²) < 4.78 is 5.18. The van der Waals surface area contributed by atoms with E-state index in [0.29, 0.717) is 13.0 Å². The van der Waals surface area contributed by atoms with Gasteiger partial charge >= 0.3 is 0 Å². The van der Waals surface area contributed by atoms with Crippen molar-refractivity contribution in [1.82, 2.24) is 0 Å². The number of rotatable bonds is 4. The maximum absolute atomic E-state index is 9.35. The van der Waals surface area contributed by atoms with Crippen molar-refractivity contribution in [3.63, 3.8) is 0 Å². The van der Waals surface area contributed by atoms with E-state index in [0.717, 1.165) is 0 Å². The van der Waals surface area contributed by atoms with Crippen molar-refractivity contribution in [2.45, 2.75) is 39.4 Å². The summed E-state index contributed by atoms with van der Waals surface area (Å²) in [4.78, 5) is 0. The van der Waals surface area contributed by atoms with Gasteiger partial charge in [0.2, 0.25) is 0 Å². The zero-order chi connectivity index (χ0) is 8.69. The number of aliphatic hydroxyl groups excluding tert-OH is 1. The first kappa shape index (κ1) is 10.5. The number of hydrogen-bond acceptors (Lipinski definition) is 2. The number of aliphatic hydroxyl groups is 1. The van der Waals surface area contributed by atoms with Gasteiger partial charge in [-0.05, 0) is 20.8 Å². The summed E-state index contributed by atoms with van der Waals surface area (Å²) >= 11 is 0. The number of hydrogen-bond donors (Lipinski definition) is 1. The van der Waals surface area contributed by atoms with E-state index in [1.807, 2.05) is 13.8 Å². The predicted molar refractivity (Wildman–Crippen MR) is 45.2 cm³/mol. The predicted octanol–water partition coefficient (Wildman–Crippen LogP) is 1.19. The van der Waals surface area contributed by atoms with Crippen molar-refractivity contribution in [2.75, 3.05) is 6.61 Å². The highest BCUT2D eigenvalue weighted by Gasteiger charge is 2.11. The van der Waals surface area contributed by atoms with Gasteiger partial charge in [-0.15, -0.1) is 11.8 Å². The minimum Gasteiger partial charge on any atom is -0.389 e. The highest BCUT2D eigenvalue weighted by Crippen LogP contribution is 2.01. The van der Waals surface area contributed by atoms with Crippen molar-refractivity contribution < 1.29 is 9.84 Å². The normalized spacial score (nSPS) is 14.9. The van der Waals surface area contributed by atoms with E-state index < -0.39 is 6.10 Å². The van der Waals surface area contributed by atoms with Gasteiger partial charge in [0.1, 0.15) is 0 Å². The lowest BCUT2D eigenvalue weighted by Gasteiger charge is -2.15. The summed E-state index contributed by atoms with van der Waals surface area (Å²) in [6.45, 7) is 6.16. The maximum atomic E-state index is 9.35. The third kappa shape index (κ3) is 4.83. The van der Waals surface area contributed by atoms with Gasteiger partial charge < -0.3 is 9.84 Å². The molecule has 0 amide bonds. The van der Waals surface area contributed by atoms with Gasteiger partial charge in [0, 0.05) is 13.0 Å². The molecule has 0 spiro atoms. The van der Waals surface area contributed by atoms with Crippen LogP contribution in [0.2, 0.25) is 0 Å². The lowest BCUT2D eigenvalue weighted by Crippen LogP contribution is -2.25. The van der Waals surface area contributed by atoms with Gasteiger partial charge in [-0.25, -0.2) is 0 Å². The second-order valence-electron chi connectivity index (χ2n) is 2.36. The molecule has 0 aromatic heterocycles. The fourth-order valence-electron chi connectivity index (χ4n) is 0.747. The first-order valence-corrected chi connectivity index (χ1v) is 3.91. The molecule has 0 heterocycles. The summed E-state index contributed by atoms with van der Waals surface area (Å²) in [5.41, 5.74) is 0. The van der Waals surface area contributed by atoms with E-state index in [2.05, 4.69) is 11.8 Å². The van der Waals surface area contributed by atoms with Crippen LogP contribution in [0.15, 0.2) is 0 Å². The maximum Gasteiger partial charge on any atom is 0.0907 e. The molecule has 2 nitrogen and oxygen atoms in total. The zero-order valence-electron chi connectivity index (χ0n) is 7.42. The summed E-state index contributed by atoms with van der Waals surface area (Å²) in [7, 11) is 0. The Bertz CT molecular complexity index is 143. The van der Waals surface area contributed by atoms with Crippen LogP contribution in [-0.2, 0) is 4.74 Å². The van der Waals surface area contributed by atoms with Crippen LogP contribution in [0.25, 0.3) is 0 Å². The lowest BCUT2D eigenvalue weighted by atomic mass is 10.1. The first-order valence-electron chi connectivity index (χ1n) is 3.91. The second kappa shape index (κ2) is 6.21. The van der Waals surface area contributed by atoms with Crippen molar-refractivity contribution in [3.8, 4) is 11.8 Å². The van der Waals surface area contributed by atoms with Crippen LogP contribution in [0.5, 0.6) is 0 Å². The molecule has 0 aromatic carbocycles. The van der Waals surface area contributed by atoms with Crippen LogP contribution in [0.1, 0.15) is 27.2 Å². The molecule has 0 fully saturated rings. The van der Waals surface area contributed by atoms with Crippen molar-refractivity contribution >= 4 is 0 Å². The lowest BCUT2D eigenvalue weighted by molar-refractivity contribution is -0.0187. The van der Waals surface area contributed by atoms with E-state index in [1.165, 1.54) is 0 Å². The summed E-state index contributed by atoms with van der Waals surface area (Å²) in [5, 5.41) is 9.35. The van der Waals surface area contributed by atoms with E-state index in [1.54, 1.807) is 6.92 Å². The van der Waals surface area contributed by atoms with Gasteiger partial charge in [0.25, 0.3) is 0 Å². The molecule has 1 N–H and O–H groups in total. The van der Waals surface area contributed by atoms with Gasteiger partial charge in [-0.3, -0.25) is 0 Å². The molecule has 0 aliphatic rings. The van der Waals surface area contributed by atoms with Gasteiger partial charge in [-0.1, -0.05) is 0 Å². The number of ether oxygens (including phenoxy) is 1. The molecule has 0 saturated heterocycles. The molecule has 0 aromatic rings.